The molecule has 0 fully saturated rings. The molecule has 0 aliphatic heterocycles. The minimum Gasteiger partial charge on any atom is -0.479 e. The number of likely N-dealkylation sites (N-methyl/N-ethyl adjacent to an activating group) is 1. The fraction of sp³-hybridized carbons (Fsp3) is 0.889. The second-order valence-electron chi connectivity index (χ2n) is 5.37. The number of aliphatic carboxylic acids is 1. The molecule has 20 heavy (non-hydrogen) atoms. The molecule has 0 aliphatic rings. The maximum atomic E-state index is 11.2. The predicted octanol–water partition coefficient (Wildman–Crippen LogP) is -1.53. The highest BCUT2D eigenvalue weighted by Gasteiger charge is 2.39. The summed E-state index contributed by atoms with van der Waals surface area (Å²) in [5.41, 5.74) is 0. The van der Waals surface area contributed by atoms with Crippen LogP contribution in [-0.2, 0) is 33.4 Å². The summed E-state index contributed by atoms with van der Waals surface area (Å²) in [6, 6.07) is 0. The van der Waals surface area contributed by atoms with E-state index in [1.807, 2.05) is 0 Å². The summed E-state index contributed by atoms with van der Waals surface area (Å²) in [7, 11) is -3.07. The van der Waals surface area contributed by atoms with E-state index in [9.17, 15) is 21.6 Å². The van der Waals surface area contributed by atoms with Crippen LogP contribution in [0.3, 0.4) is 0 Å². The second-order valence-corrected chi connectivity index (χ2v) is 8.57. The molecule has 9 nitrogen and oxygen atoms in total. The van der Waals surface area contributed by atoms with Crippen LogP contribution in [0.25, 0.3) is 0 Å². The molecule has 1 N–H and O–H groups in total. The molecule has 2 atom stereocenters. The van der Waals surface area contributed by atoms with Gasteiger partial charge < -0.3 is 9.59 Å². The lowest BCUT2D eigenvalue weighted by Crippen LogP contribution is -2.51. The van der Waals surface area contributed by atoms with Gasteiger partial charge in [0.15, 0.2) is 6.10 Å². The first-order valence-corrected chi connectivity index (χ1v) is 9.04. The van der Waals surface area contributed by atoms with Crippen LogP contribution in [-0.4, -0.2) is 84.8 Å². The number of carboxylic acid groups (broad SMARTS) is 1. The molecule has 0 saturated heterocycles. The summed E-state index contributed by atoms with van der Waals surface area (Å²) in [6.45, 7) is -0.0838. The van der Waals surface area contributed by atoms with Crippen LogP contribution in [0, 0.1) is 0 Å². The summed E-state index contributed by atoms with van der Waals surface area (Å²) in [5, 5.41) is 9.03. The van der Waals surface area contributed by atoms with Gasteiger partial charge in [-0.05, 0) is 0 Å². The van der Waals surface area contributed by atoms with Gasteiger partial charge in [-0.15, -0.1) is 0 Å². The van der Waals surface area contributed by atoms with Crippen LogP contribution in [0.15, 0.2) is 0 Å². The van der Waals surface area contributed by atoms with Crippen molar-refractivity contribution in [1.29, 1.82) is 0 Å². The van der Waals surface area contributed by atoms with Crippen molar-refractivity contribution in [3.8, 4) is 0 Å². The van der Waals surface area contributed by atoms with Crippen LogP contribution in [0.2, 0.25) is 0 Å². The van der Waals surface area contributed by atoms with Crippen molar-refractivity contribution in [3.63, 3.8) is 0 Å². The number of nitrogens with zero attached hydrogens (tertiary/aromatic N) is 1. The molecule has 0 radical (unpaired) electrons. The molecule has 0 saturated carbocycles. The molecule has 0 heterocycles. The summed E-state index contributed by atoms with van der Waals surface area (Å²) < 4.78 is 53.8. The van der Waals surface area contributed by atoms with Gasteiger partial charge in [0.2, 0.25) is 6.10 Å². The minimum atomic E-state index is -4.09. The Balaban J connectivity index is 5.47. The molecule has 0 spiro atoms. The van der Waals surface area contributed by atoms with Gasteiger partial charge in [0.05, 0.1) is 33.7 Å². The maximum Gasteiger partial charge on any atom is 0.337 e. The Labute approximate surface area is 118 Å². The summed E-state index contributed by atoms with van der Waals surface area (Å²) in [5.74, 6) is -1.63. The van der Waals surface area contributed by atoms with E-state index in [2.05, 4.69) is 8.37 Å². The van der Waals surface area contributed by atoms with Crippen molar-refractivity contribution >= 4 is 26.2 Å². The molecular weight excluding hydrogens is 314 g/mol. The average molecular weight is 334 g/mol. The van der Waals surface area contributed by atoms with E-state index < -0.39 is 38.4 Å². The maximum absolute atomic E-state index is 11.2. The third kappa shape index (κ3) is 9.20. The van der Waals surface area contributed by atoms with E-state index >= 15 is 0 Å². The van der Waals surface area contributed by atoms with E-state index in [0.29, 0.717) is 6.26 Å². The van der Waals surface area contributed by atoms with Crippen LogP contribution in [0.4, 0.5) is 0 Å². The molecular formula is C9H20NO8S2+. The summed E-state index contributed by atoms with van der Waals surface area (Å²) in [6.07, 6.45) is -2.00. The fourth-order valence-electron chi connectivity index (χ4n) is 1.39. The van der Waals surface area contributed by atoms with E-state index in [1.54, 1.807) is 21.1 Å². The van der Waals surface area contributed by atoms with E-state index in [-0.39, 0.29) is 11.0 Å². The van der Waals surface area contributed by atoms with Gasteiger partial charge in [0, 0.05) is 0 Å². The zero-order valence-electron chi connectivity index (χ0n) is 11.9. The molecule has 0 amide bonds. The number of hydrogen-bond donors (Lipinski definition) is 1. The average Bonchev–Trinajstić information content (AvgIpc) is 2.06. The molecule has 2 unspecified atom stereocenters. The van der Waals surface area contributed by atoms with Gasteiger partial charge >= 0.3 is 5.97 Å². The first-order chi connectivity index (χ1) is 8.61. The third-order valence-electron chi connectivity index (χ3n) is 1.89. The van der Waals surface area contributed by atoms with Crippen LogP contribution >= 0.6 is 0 Å². The second kappa shape index (κ2) is 6.35. The minimum absolute atomic E-state index is 0.0838. The number of hydrogen-bond acceptors (Lipinski definition) is 7. The number of rotatable bonds is 8. The lowest BCUT2D eigenvalue weighted by molar-refractivity contribution is -0.873. The lowest BCUT2D eigenvalue weighted by atomic mass is 10.2. The Morgan fingerprint density at radius 2 is 1.45 bits per heavy atom. The summed E-state index contributed by atoms with van der Waals surface area (Å²) in [4.78, 5) is 11.1. The highest BCUT2D eigenvalue weighted by atomic mass is 32.2. The fourth-order valence-corrected chi connectivity index (χ4v) is 2.59. The third-order valence-corrected chi connectivity index (χ3v) is 3.04. The zero-order chi connectivity index (χ0) is 16.4. The molecule has 0 aromatic heterocycles. The number of quaternary nitrogens is 1. The van der Waals surface area contributed by atoms with Crippen LogP contribution in [0.5, 0.6) is 0 Å². The Kier molecular flexibility index (Phi) is 6.11. The Hall–Kier alpha value is -0.750. The standard InChI is InChI=1S/C9H19NO8S2/c1-10(2,3)6-7(17-19(4,13)14)8(9(11)12)18-20(5,15)16/h7-8H,6H2,1-5H3/p+1. The van der Waals surface area contributed by atoms with Crippen molar-refractivity contribution in [2.45, 2.75) is 12.2 Å². The Morgan fingerprint density at radius 1 is 1.05 bits per heavy atom. The topological polar surface area (TPSA) is 124 Å². The highest BCUT2D eigenvalue weighted by Crippen LogP contribution is 2.13. The van der Waals surface area contributed by atoms with Gasteiger partial charge in [-0.2, -0.15) is 16.8 Å². The van der Waals surface area contributed by atoms with E-state index in [4.69, 9.17) is 5.11 Å². The molecule has 11 heteroatoms. The van der Waals surface area contributed by atoms with Crippen molar-refractivity contribution in [2.24, 2.45) is 0 Å². The van der Waals surface area contributed by atoms with Gasteiger partial charge in [-0.1, -0.05) is 0 Å². The van der Waals surface area contributed by atoms with Gasteiger partial charge in [-0.25, -0.2) is 4.79 Å². The molecule has 0 aromatic rings. The largest absolute Gasteiger partial charge is 0.479 e. The highest BCUT2D eigenvalue weighted by molar-refractivity contribution is 7.86. The Bertz CT molecular complexity index is 545. The first kappa shape index (κ1) is 19.2. The monoisotopic (exact) mass is 334 g/mol. The van der Waals surface area contributed by atoms with Crippen LogP contribution < -0.4 is 0 Å². The number of carbonyl (C=O) groups is 1. The molecule has 120 valence electrons. The quantitative estimate of drug-likeness (QED) is 0.419. The normalized spacial score (nSPS) is 16.6. The van der Waals surface area contributed by atoms with Gasteiger partial charge in [0.1, 0.15) is 6.54 Å². The van der Waals surface area contributed by atoms with Crippen LogP contribution in [0.1, 0.15) is 0 Å². The Morgan fingerprint density at radius 3 is 1.70 bits per heavy atom. The van der Waals surface area contributed by atoms with E-state index in [0.717, 1.165) is 6.26 Å². The van der Waals surface area contributed by atoms with Crippen molar-refractivity contribution in [2.75, 3.05) is 40.2 Å². The molecule has 0 aromatic carbocycles. The SMILES string of the molecule is C[N+](C)(C)CC(OS(C)(=O)=O)C(OS(C)(=O)=O)C(=O)O. The van der Waals surface area contributed by atoms with Gasteiger partial charge in [-0.3, -0.25) is 8.37 Å². The smallest absolute Gasteiger partial charge is 0.337 e. The van der Waals surface area contributed by atoms with Gasteiger partial charge in [0.25, 0.3) is 20.2 Å². The molecule has 0 rings (SSSR count). The predicted molar refractivity (Wildman–Crippen MR) is 70.0 cm³/mol. The zero-order valence-corrected chi connectivity index (χ0v) is 13.6. The van der Waals surface area contributed by atoms with Crippen molar-refractivity contribution < 1.29 is 39.6 Å². The van der Waals surface area contributed by atoms with E-state index in [1.165, 1.54) is 0 Å². The molecule has 0 bridgehead atoms. The van der Waals surface area contributed by atoms with Crippen molar-refractivity contribution in [1.82, 2.24) is 0 Å². The number of carboxylic acids is 1. The molecule has 0 aliphatic carbocycles. The van der Waals surface area contributed by atoms with Crippen molar-refractivity contribution in [3.05, 3.63) is 0 Å². The lowest BCUT2D eigenvalue weighted by Gasteiger charge is -2.30. The summed E-state index contributed by atoms with van der Waals surface area (Å²) >= 11 is 0. The first-order valence-electron chi connectivity index (χ1n) is 5.40.